The Labute approximate surface area is 126 Å². The molecule has 0 heteroatoms. The van der Waals surface area contributed by atoms with E-state index in [9.17, 15) is 0 Å². The van der Waals surface area contributed by atoms with Gasteiger partial charge < -0.3 is 0 Å². The smallest absolute Gasteiger partial charge is 0.00938 e. The molecule has 0 saturated heterocycles. The average molecular weight is 272 g/mol. The van der Waals surface area contributed by atoms with E-state index in [4.69, 9.17) is 0 Å². The van der Waals surface area contributed by atoms with Crippen LogP contribution in [0, 0.1) is 0 Å². The van der Waals surface area contributed by atoms with Gasteiger partial charge in [-0.2, -0.15) is 0 Å². The number of hydrogen-bond donors (Lipinski definition) is 0. The van der Waals surface area contributed by atoms with Gasteiger partial charge in [0.05, 0.1) is 0 Å². The molecule has 0 aromatic heterocycles. The van der Waals surface area contributed by atoms with Gasteiger partial charge in [0.15, 0.2) is 0 Å². The third-order valence-corrected chi connectivity index (χ3v) is 3.85. The fourth-order valence-corrected chi connectivity index (χ4v) is 2.76. The molecule has 0 radical (unpaired) electrons. The molecule has 0 saturated carbocycles. The highest BCUT2D eigenvalue weighted by Gasteiger charge is 2.01. The van der Waals surface area contributed by atoms with Crippen molar-refractivity contribution in [3.8, 4) is 0 Å². The lowest BCUT2D eigenvalue weighted by Crippen LogP contribution is -1.89. The van der Waals surface area contributed by atoms with Gasteiger partial charge in [-0.05, 0) is 40.3 Å². The zero-order chi connectivity index (χ0) is 14.5. The average Bonchev–Trinajstić information content (AvgIpc) is 2.55. The molecule has 104 valence electrons. The van der Waals surface area contributed by atoms with Crippen LogP contribution in [0.1, 0.15) is 23.6 Å². The van der Waals surface area contributed by atoms with E-state index in [0.29, 0.717) is 0 Å². The van der Waals surface area contributed by atoms with E-state index in [2.05, 4.69) is 79.7 Å². The molecule has 0 aliphatic rings. The Morgan fingerprint density at radius 3 is 2.43 bits per heavy atom. The lowest BCUT2D eigenvalue weighted by molar-refractivity contribution is 1.14. The lowest BCUT2D eigenvalue weighted by Gasteiger charge is -2.07. The standard InChI is InChI=1S/C21H20/c1-2-19-15-18(16-20-13-6-7-14-21(19)20)12-8-11-17-9-4-3-5-10-17/h3-11,13-16H,2,12H2,1H3. The molecule has 0 N–H and O–H groups in total. The highest BCUT2D eigenvalue weighted by molar-refractivity contribution is 5.86. The lowest BCUT2D eigenvalue weighted by atomic mass is 9.98. The van der Waals surface area contributed by atoms with Crippen molar-refractivity contribution in [2.24, 2.45) is 0 Å². The van der Waals surface area contributed by atoms with Gasteiger partial charge in [-0.25, -0.2) is 0 Å². The molecule has 0 amide bonds. The van der Waals surface area contributed by atoms with Crippen LogP contribution in [0.4, 0.5) is 0 Å². The molecular weight excluding hydrogens is 252 g/mol. The third kappa shape index (κ3) is 3.22. The quantitative estimate of drug-likeness (QED) is 0.575. The first-order valence-electron chi connectivity index (χ1n) is 7.59. The van der Waals surface area contributed by atoms with Gasteiger partial charge in [-0.3, -0.25) is 0 Å². The molecule has 0 aliphatic heterocycles. The van der Waals surface area contributed by atoms with E-state index in [0.717, 1.165) is 12.8 Å². The SMILES string of the molecule is CCc1cc(CC=Cc2ccccc2)cc2ccccc12. The molecule has 0 bridgehead atoms. The van der Waals surface area contributed by atoms with E-state index in [1.54, 1.807) is 0 Å². The van der Waals surface area contributed by atoms with Crippen LogP contribution in [0.3, 0.4) is 0 Å². The van der Waals surface area contributed by atoms with Gasteiger partial charge in [0.1, 0.15) is 0 Å². The molecule has 0 fully saturated rings. The van der Waals surface area contributed by atoms with Crippen molar-refractivity contribution < 1.29 is 0 Å². The van der Waals surface area contributed by atoms with Crippen LogP contribution in [0.2, 0.25) is 0 Å². The summed E-state index contributed by atoms with van der Waals surface area (Å²) >= 11 is 0. The number of fused-ring (bicyclic) bond motifs is 1. The molecule has 0 nitrogen and oxygen atoms in total. The topological polar surface area (TPSA) is 0 Å². The molecule has 21 heavy (non-hydrogen) atoms. The highest BCUT2D eigenvalue weighted by Crippen LogP contribution is 2.22. The molecule has 3 aromatic rings. The Bertz CT molecular complexity index is 751. The van der Waals surface area contributed by atoms with Gasteiger partial charge in [-0.15, -0.1) is 0 Å². The van der Waals surface area contributed by atoms with Crippen molar-refractivity contribution in [3.63, 3.8) is 0 Å². The molecule has 0 spiro atoms. The van der Waals surface area contributed by atoms with Crippen molar-refractivity contribution in [2.75, 3.05) is 0 Å². The molecule has 0 unspecified atom stereocenters. The summed E-state index contributed by atoms with van der Waals surface area (Å²) in [4.78, 5) is 0. The number of benzene rings is 3. The van der Waals surface area contributed by atoms with E-state index in [1.165, 1.54) is 27.5 Å². The summed E-state index contributed by atoms with van der Waals surface area (Å²) in [7, 11) is 0. The molecule has 0 heterocycles. The van der Waals surface area contributed by atoms with E-state index < -0.39 is 0 Å². The highest BCUT2D eigenvalue weighted by atomic mass is 14.1. The first-order valence-corrected chi connectivity index (χ1v) is 7.59. The summed E-state index contributed by atoms with van der Waals surface area (Å²) in [6.07, 6.45) is 6.50. The summed E-state index contributed by atoms with van der Waals surface area (Å²) in [5.74, 6) is 0. The first kappa shape index (κ1) is 13.6. The van der Waals surface area contributed by atoms with Crippen LogP contribution in [0.15, 0.2) is 72.8 Å². The van der Waals surface area contributed by atoms with E-state index in [1.807, 2.05) is 6.07 Å². The molecule has 3 aromatic carbocycles. The zero-order valence-corrected chi connectivity index (χ0v) is 12.4. The monoisotopic (exact) mass is 272 g/mol. The number of aryl methyl sites for hydroxylation is 1. The van der Waals surface area contributed by atoms with Crippen LogP contribution in [0.25, 0.3) is 16.8 Å². The molecular formula is C21H20. The second-order valence-electron chi connectivity index (χ2n) is 5.35. The van der Waals surface area contributed by atoms with Gasteiger partial charge in [0, 0.05) is 0 Å². The van der Waals surface area contributed by atoms with Gasteiger partial charge in [-0.1, -0.05) is 85.8 Å². The first-order chi connectivity index (χ1) is 10.4. The Kier molecular flexibility index (Phi) is 4.16. The Hall–Kier alpha value is -2.34. The second-order valence-corrected chi connectivity index (χ2v) is 5.35. The zero-order valence-electron chi connectivity index (χ0n) is 12.4. The number of hydrogen-bond acceptors (Lipinski definition) is 0. The predicted molar refractivity (Wildman–Crippen MR) is 92.5 cm³/mol. The minimum atomic E-state index is 0.979. The maximum absolute atomic E-state index is 2.34. The van der Waals surface area contributed by atoms with Crippen LogP contribution in [-0.2, 0) is 12.8 Å². The van der Waals surface area contributed by atoms with Gasteiger partial charge >= 0.3 is 0 Å². The summed E-state index contributed by atoms with van der Waals surface area (Å²) in [5, 5.41) is 2.73. The van der Waals surface area contributed by atoms with Crippen LogP contribution >= 0.6 is 0 Å². The third-order valence-electron chi connectivity index (χ3n) is 3.85. The van der Waals surface area contributed by atoms with Crippen molar-refractivity contribution in [1.82, 2.24) is 0 Å². The summed E-state index contributed by atoms with van der Waals surface area (Å²) in [5.41, 5.74) is 4.09. The molecule has 0 atom stereocenters. The molecule has 0 aliphatic carbocycles. The van der Waals surface area contributed by atoms with Crippen molar-refractivity contribution in [2.45, 2.75) is 19.8 Å². The number of rotatable bonds is 4. The Morgan fingerprint density at radius 1 is 0.857 bits per heavy atom. The fourth-order valence-electron chi connectivity index (χ4n) is 2.76. The Balaban J connectivity index is 1.86. The van der Waals surface area contributed by atoms with Crippen molar-refractivity contribution in [1.29, 1.82) is 0 Å². The van der Waals surface area contributed by atoms with Crippen LogP contribution in [-0.4, -0.2) is 0 Å². The largest absolute Gasteiger partial charge is 0.0795 e. The minimum Gasteiger partial charge on any atom is -0.0795 e. The van der Waals surface area contributed by atoms with Crippen LogP contribution < -0.4 is 0 Å². The Morgan fingerprint density at radius 2 is 1.62 bits per heavy atom. The predicted octanol–water partition coefficient (Wildman–Crippen LogP) is 5.66. The summed E-state index contributed by atoms with van der Waals surface area (Å²) < 4.78 is 0. The van der Waals surface area contributed by atoms with Crippen molar-refractivity contribution >= 4 is 16.8 Å². The second kappa shape index (κ2) is 6.41. The van der Waals surface area contributed by atoms with E-state index in [-0.39, 0.29) is 0 Å². The minimum absolute atomic E-state index is 0.979. The van der Waals surface area contributed by atoms with E-state index >= 15 is 0 Å². The maximum Gasteiger partial charge on any atom is -0.00938 e. The normalized spacial score (nSPS) is 11.3. The summed E-state index contributed by atoms with van der Waals surface area (Å²) in [6.45, 7) is 2.23. The maximum atomic E-state index is 2.34. The van der Waals surface area contributed by atoms with Crippen molar-refractivity contribution in [3.05, 3.63) is 89.5 Å². The summed E-state index contributed by atoms with van der Waals surface area (Å²) in [6, 6.07) is 23.8. The van der Waals surface area contributed by atoms with Gasteiger partial charge in [0.2, 0.25) is 0 Å². The molecule has 3 rings (SSSR count). The van der Waals surface area contributed by atoms with Gasteiger partial charge in [0.25, 0.3) is 0 Å². The number of allylic oxidation sites excluding steroid dienone is 1. The fraction of sp³-hybridized carbons (Fsp3) is 0.143. The van der Waals surface area contributed by atoms with Crippen LogP contribution in [0.5, 0.6) is 0 Å².